The van der Waals surface area contributed by atoms with Crippen molar-refractivity contribution < 1.29 is 0 Å². The van der Waals surface area contributed by atoms with Crippen LogP contribution < -0.4 is 0 Å². The summed E-state index contributed by atoms with van der Waals surface area (Å²) in [5.74, 6) is 0.895. The normalized spacial score (nSPS) is 10.6. The average Bonchev–Trinajstić information content (AvgIpc) is 2.32. The standard InChI is InChI=1S/C13H12Cl2N2S/c1-2-3-12-16-11(7-13(18)17-12)8-4-5-9(14)10(15)6-8/h4-7H,2-3H2,1H3,(H,16,17,18). The molecule has 2 nitrogen and oxygen atoms in total. The number of hydrogen-bond donors (Lipinski definition) is 1. The lowest BCUT2D eigenvalue weighted by atomic mass is 10.1. The molecule has 0 aliphatic carbocycles. The zero-order chi connectivity index (χ0) is 13.1. The van der Waals surface area contributed by atoms with Crippen LogP contribution in [0.25, 0.3) is 11.3 Å². The van der Waals surface area contributed by atoms with Gasteiger partial charge < -0.3 is 4.98 Å². The van der Waals surface area contributed by atoms with Crippen LogP contribution in [0.15, 0.2) is 24.3 Å². The summed E-state index contributed by atoms with van der Waals surface area (Å²) >= 11 is 17.1. The highest BCUT2D eigenvalue weighted by molar-refractivity contribution is 7.71. The van der Waals surface area contributed by atoms with Gasteiger partial charge in [0.25, 0.3) is 0 Å². The second kappa shape index (κ2) is 5.83. The van der Waals surface area contributed by atoms with Crippen molar-refractivity contribution in [2.24, 2.45) is 0 Å². The van der Waals surface area contributed by atoms with Crippen LogP contribution >= 0.6 is 35.4 Å². The van der Waals surface area contributed by atoms with Gasteiger partial charge in [-0.3, -0.25) is 0 Å². The summed E-state index contributed by atoms with van der Waals surface area (Å²) in [7, 11) is 0. The SMILES string of the molecule is CCCc1nc(=S)cc(-c2ccc(Cl)c(Cl)c2)[nH]1. The molecule has 5 heteroatoms. The fourth-order valence-electron chi connectivity index (χ4n) is 1.68. The maximum absolute atomic E-state index is 6.02. The number of H-pyrrole nitrogens is 1. The lowest BCUT2D eigenvalue weighted by Crippen LogP contribution is -1.96. The summed E-state index contributed by atoms with van der Waals surface area (Å²) in [4.78, 5) is 7.56. The molecule has 0 saturated carbocycles. The van der Waals surface area contributed by atoms with Crippen LogP contribution in [0, 0.1) is 4.64 Å². The second-order valence-corrected chi connectivity index (χ2v) is 5.19. The number of halogens is 2. The van der Waals surface area contributed by atoms with E-state index < -0.39 is 0 Å². The van der Waals surface area contributed by atoms with Gasteiger partial charge in [-0.1, -0.05) is 48.4 Å². The number of aromatic amines is 1. The minimum absolute atomic E-state index is 0.530. The van der Waals surface area contributed by atoms with Crippen LogP contribution in [-0.4, -0.2) is 9.97 Å². The fourth-order valence-corrected chi connectivity index (χ4v) is 2.21. The predicted molar refractivity (Wildman–Crippen MR) is 78.9 cm³/mol. The molecular weight excluding hydrogens is 287 g/mol. The van der Waals surface area contributed by atoms with Gasteiger partial charge in [-0.05, 0) is 30.2 Å². The number of benzene rings is 1. The third-order valence-corrected chi connectivity index (χ3v) is 3.46. The first-order valence-corrected chi connectivity index (χ1v) is 6.82. The van der Waals surface area contributed by atoms with E-state index in [4.69, 9.17) is 35.4 Å². The summed E-state index contributed by atoms with van der Waals surface area (Å²) < 4.78 is 0.582. The monoisotopic (exact) mass is 298 g/mol. The summed E-state index contributed by atoms with van der Waals surface area (Å²) in [6.07, 6.45) is 1.89. The predicted octanol–water partition coefficient (Wildman–Crippen LogP) is 5.07. The van der Waals surface area contributed by atoms with Crippen LogP contribution in [0.2, 0.25) is 10.0 Å². The number of nitrogens with one attached hydrogen (secondary N) is 1. The minimum atomic E-state index is 0.530. The summed E-state index contributed by atoms with van der Waals surface area (Å²) in [6, 6.07) is 7.33. The van der Waals surface area contributed by atoms with E-state index in [0.29, 0.717) is 14.7 Å². The topological polar surface area (TPSA) is 28.7 Å². The molecule has 0 bridgehead atoms. The molecule has 0 aliphatic rings. The van der Waals surface area contributed by atoms with Crippen molar-refractivity contribution in [3.63, 3.8) is 0 Å². The Morgan fingerprint density at radius 2 is 2.00 bits per heavy atom. The van der Waals surface area contributed by atoms with Gasteiger partial charge in [0.05, 0.1) is 10.0 Å². The molecule has 18 heavy (non-hydrogen) atoms. The number of hydrogen-bond acceptors (Lipinski definition) is 2. The number of nitrogens with zero attached hydrogens (tertiary/aromatic N) is 1. The Hall–Kier alpha value is -0.900. The Kier molecular flexibility index (Phi) is 4.38. The largest absolute Gasteiger partial charge is 0.343 e. The van der Waals surface area contributed by atoms with Gasteiger partial charge in [0.15, 0.2) is 0 Å². The fraction of sp³-hybridized carbons (Fsp3) is 0.231. The van der Waals surface area contributed by atoms with Crippen molar-refractivity contribution in [1.29, 1.82) is 0 Å². The van der Waals surface area contributed by atoms with Crippen LogP contribution in [0.1, 0.15) is 19.2 Å². The molecule has 0 amide bonds. The Balaban J connectivity index is 2.49. The van der Waals surface area contributed by atoms with Crippen LogP contribution in [0.5, 0.6) is 0 Å². The summed E-state index contributed by atoms with van der Waals surface area (Å²) in [5, 5.41) is 1.07. The van der Waals surface area contributed by atoms with E-state index in [-0.39, 0.29) is 0 Å². The third-order valence-electron chi connectivity index (χ3n) is 2.51. The van der Waals surface area contributed by atoms with Crippen molar-refractivity contribution in [1.82, 2.24) is 9.97 Å². The van der Waals surface area contributed by atoms with Crippen LogP contribution in [-0.2, 0) is 6.42 Å². The van der Waals surface area contributed by atoms with Crippen LogP contribution in [0.3, 0.4) is 0 Å². The van der Waals surface area contributed by atoms with Gasteiger partial charge in [-0.15, -0.1) is 0 Å². The highest BCUT2D eigenvalue weighted by Crippen LogP contribution is 2.27. The molecule has 1 aromatic heterocycles. The maximum atomic E-state index is 6.02. The Morgan fingerprint density at radius 1 is 1.22 bits per heavy atom. The van der Waals surface area contributed by atoms with Crippen molar-refractivity contribution in [3.8, 4) is 11.3 Å². The average molecular weight is 299 g/mol. The maximum Gasteiger partial charge on any atom is 0.130 e. The van der Waals surface area contributed by atoms with Gasteiger partial charge in [0, 0.05) is 12.1 Å². The molecule has 1 heterocycles. The number of aryl methyl sites for hydroxylation is 1. The molecule has 0 atom stereocenters. The zero-order valence-corrected chi connectivity index (χ0v) is 12.2. The molecular formula is C13H12Cl2N2S. The van der Waals surface area contributed by atoms with Gasteiger partial charge >= 0.3 is 0 Å². The lowest BCUT2D eigenvalue weighted by Gasteiger charge is -2.06. The van der Waals surface area contributed by atoms with Gasteiger partial charge in [0.1, 0.15) is 10.5 Å². The molecule has 0 saturated heterocycles. The molecule has 2 rings (SSSR count). The van der Waals surface area contributed by atoms with E-state index in [0.717, 1.165) is 29.9 Å². The minimum Gasteiger partial charge on any atom is -0.343 e. The van der Waals surface area contributed by atoms with Gasteiger partial charge in [-0.25, -0.2) is 4.98 Å². The molecule has 1 N–H and O–H groups in total. The zero-order valence-electron chi connectivity index (χ0n) is 9.84. The quantitative estimate of drug-likeness (QED) is 0.802. The molecule has 0 radical (unpaired) electrons. The second-order valence-electron chi connectivity index (χ2n) is 3.96. The molecule has 0 fully saturated rings. The van der Waals surface area contributed by atoms with E-state index in [1.54, 1.807) is 6.07 Å². The molecule has 1 aromatic carbocycles. The molecule has 2 aromatic rings. The smallest absolute Gasteiger partial charge is 0.130 e. The number of aromatic nitrogens is 2. The molecule has 0 aliphatic heterocycles. The van der Waals surface area contributed by atoms with Gasteiger partial charge in [-0.2, -0.15) is 0 Å². The molecule has 94 valence electrons. The number of rotatable bonds is 3. The molecule has 0 unspecified atom stereocenters. The summed E-state index contributed by atoms with van der Waals surface area (Å²) in [6.45, 7) is 2.10. The Labute approximate surface area is 121 Å². The molecule has 0 spiro atoms. The van der Waals surface area contributed by atoms with Gasteiger partial charge in [0.2, 0.25) is 0 Å². The highest BCUT2D eigenvalue weighted by atomic mass is 35.5. The van der Waals surface area contributed by atoms with Crippen molar-refractivity contribution >= 4 is 35.4 Å². The van der Waals surface area contributed by atoms with E-state index >= 15 is 0 Å². The first kappa shape index (κ1) is 13.5. The first-order valence-electron chi connectivity index (χ1n) is 5.66. The Bertz CT molecular complexity index is 623. The third kappa shape index (κ3) is 3.10. The first-order chi connectivity index (χ1) is 8.60. The van der Waals surface area contributed by atoms with E-state index in [2.05, 4.69) is 16.9 Å². The van der Waals surface area contributed by atoms with E-state index in [9.17, 15) is 0 Å². The van der Waals surface area contributed by atoms with E-state index in [1.807, 2.05) is 18.2 Å². The Morgan fingerprint density at radius 3 is 2.67 bits per heavy atom. The van der Waals surface area contributed by atoms with Crippen molar-refractivity contribution in [3.05, 3.63) is 44.8 Å². The van der Waals surface area contributed by atoms with Crippen LogP contribution in [0.4, 0.5) is 0 Å². The van der Waals surface area contributed by atoms with Crippen molar-refractivity contribution in [2.45, 2.75) is 19.8 Å². The lowest BCUT2D eigenvalue weighted by molar-refractivity contribution is 0.833. The summed E-state index contributed by atoms with van der Waals surface area (Å²) in [5.41, 5.74) is 1.87. The highest BCUT2D eigenvalue weighted by Gasteiger charge is 2.04. The van der Waals surface area contributed by atoms with E-state index in [1.165, 1.54) is 0 Å². The van der Waals surface area contributed by atoms with Crippen molar-refractivity contribution in [2.75, 3.05) is 0 Å².